The van der Waals surface area contributed by atoms with Gasteiger partial charge in [-0.3, -0.25) is 0 Å². The van der Waals surface area contributed by atoms with Crippen molar-refractivity contribution >= 4 is 34.9 Å². The molecule has 2 heterocycles. The minimum atomic E-state index is -1.01. The summed E-state index contributed by atoms with van der Waals surface area (Å²) in [6, 6.07) is 25.8. The smallest absolute Gasteiger partial charge is 0.0108 e. The van der Waals surface area contributed by atoms with Crippen LogP contribution in [-0.4, -0.2) is 6.38 Å². The molecule has 0 amide bonds. The summed E-state index contributed by atoms with van der Waals surface area (Å²) in [6.07, 6.45) is 9.69. The molecule has 2 aliphatic rings. The van der Waals surface area contributed by atoms with E-state index in [2.05, 4.69) is 84.4 Å². The van der Waals surface area contributed by atoms with Gasteiger partial charge >= 0.3 is 182 Å². The van der Waals surface area contributed by atoms with Gasteiger partial charge in [0.25, 0.3) is 0 Å². The van der Waals surface area contributed by atoms with Crippen LogP contribution in [0.4, 0.5) is 0 Å². The summed E-state index contributed by atoms with van der Waals surface area (Å²) in [5.74, 6) is 2.00. The third kappa shape index (κ3) is 3.75. The van der Waals surface area contributed by atoms with Gasteiger partial charge in [-0.25, -0.2) is 0 Å². The molecule has 4 aromatic rings. The van der Waals surface area contributed by atoms with E-state index in [9.17, 15) is 0 Å². The van der Waals surface area contributed by atoms with Gasteiger partial charge in [0.1, 0.15) is 0 Å². The molecule has 6 rings (SSSR count). The molecule has 0 saturated carbocycles. The molecule has 2 atom stereocenters. The molecule has 0 saturated heterocycles. The Morgan fingerprint density at radius 1 is 0.613 bits per heavy atom. The standard InChI is InChI=1S/2C13H9O.CH3Cl.Zr/c2*1-2-5-11-9-12(8-10(11)4-1)13-6-3-7-14-13;1-2;/h2*1-9H;1H3;. The second kappa shape index (κ2) is 9.03. The quantitative estimate of drug-likeness (QED) is 0.267. The fraction of sp³-hybridized carbons (Fsp3) is 0.111. The van der Waals surface area contributed by atoms with Crippen molar-refractivity contribution in [1.29, 1.82) is 0 Å². The number of allylic oxidation sites excluding steroid dienone is 2. The summed E-state index contributed by atoms with van der Waals surface area (Å²) in [4.78, 5) is 0. The van der Waals surface area contributed by atoms with E-state index in [0.717, 1.165) is 11.5 Å². The van der Waals surface area contributed by atoms with Crippen molar-refractivity contribution in [3.05, 3.63) is 119 Å². The first-order valence-electron chi connectivity index (χ1n) is 10.2. The van der Waals surface area contributed by atoms with E-state index in [1.165, 1.54) is 39.8 Å². The van der Waals surface area contributed by atoms with Crippen LogP contribution in [0.15, 0.2) is 94.2 Å². The fourth-order valence-electron chi connectivity index (χ4n) is 4.49. The molecule has 0 spiro atoms. The third-order valence-electron chi connectivity index (χ3n) is 5.80. The molecule has 2 unspecified atom stereocenters. The van der Waals surface area contributed by atoms with E-state index < -0.39 is 23.2 Å². The summed E-state index contributed by atoms with van der Waals surface area (Å²) in [6.45, 7) is 0. The monoisotopic (exact) mass is 502 g/mol. The average molecular weight is 504 g/mol. The second-order valence-corrected chi connectivity index (χ2v) is 11.1. The Morgan fingerprint density at radius 3 is 1.48 bits per heavy atom. The van der Waals surface area contributed by atoms with Crippen molar-refractivity contribution < 1.29 is 32.1 Å². The summed E-state index contributed by atoms with van der Waals surface area (Å²) < 4.78 is 12.6. The molecule has 0 radical (unpaired) electrons. The Bertz CT molecular complexity index is 1140. The second-order valence-electron chi connectivity index (χ2n) is 7.44. The van der Waals surface area contributed by atoms with Crippen LogP contribution in [0.1, 0.15) is 41.0 Å². The van der Waals surface area contributed by atoms with Crippen LogP contribution in [0.25, 0.3) is 23.3 Å². The molecular weight excluding hydrogens is 483 g/mol. The minimum Gasteiger partial charge on any atom is -0.130 e. The van der Waals surface area contributed by atoms with E-state index in [1.807, 2.05) is 12.1 Å². The van der Waals surface area contributed by atoms with E-state index in [-0.39, 0.29) is 0 Å². The minimum absolute atomic E-state index is 0.454. The molecule has 0 bridgehead atoms. The van der Waals surface area contributed by atoms with Crippen LogP contribution in [0, 0.1) is 0 Å². The maximum absolute atomic E-state index is 5.84. The molecule has 2 aromatic heterocycles. The fourth-order valence-corrected chi connectivity index (χ4v) is 9.47. The number of rotatable bonds is 4. The zero-order valence-corrected chi connectivity index (χ0v) is 20.3. The number of halogens is 1. The normalized spacial score (nSPS) is 18.4. The van der Waals surface area contributed by atoms with Crippen molar-refractivity contribution in [2.45, 2.75) is 7.25 Å². The van der Waals surface area contributed by atoms with Gasteiger partial charge in [0.15, 0.2) is 0 Å². The van der Waals surface area contributed by atoms with E-state index >= 15 is 0 Å². The SMILES string of the molecule is C1=C(c2ccco2)[CH]([Zr][CH]2C(c3ccco3)=Cc3ccccc32)c2ccccc21.CCl. The van der Waals surface area contributed by atoms with Crippen molar-refractivity contribution in [2.24, 2.45) is 0 Å². The first-order chi connectivity index (χ1) is 15.4. The first-order valence-corrected chi connectivity index (χ1v) is 13.8. The molecule has 0 aliphatic heterocycles. The maximum atomic E-state index is 5.84. The van der Waals surface area contributed by atoms with E-state index in [4.69, 9.17) is 8.83 Å². The summed E-state index contributed by atoms with van der Waals surface area (Å²) in [5.41, 5.74) is 8.25. The van der Waals surface area contributed by atoms with Crippen LogP contribution < -0.4 is 0 Å². The molecule has 0 N–H and O–H groups in total. The molecule has 152 valence electrons. The number of furan rings is 2. The van der Waals surface area contributed by atoms with Crippen LogP contribution in [0.3, 0.4) is 0 Å². The van der Waals surface area contributed by atoms with Crippen LogP contribution >= 0.6 is 11.6 Å². The number of hydrogen-bond acceptors (Lipinski definition) is 2. The first kappa shape index (κ1) is 20.5. The summed E-state index contributed by atoms with van der Waals surface area (Å²) in [7, 11) is 0. The number of fused-ring (bicyclic) bond motifs is 2. The third-order valence-corrected chi connectivity index (χ3v) is 10.5. The van der Waals surface area contributed by atoms with Gasteiger partial charge in [-0.1, -0.05) is 0 Å². The molecular formula is C27H21ClO2Zr. The molecule has 0 fully saturated rings. The number of alkyl halides is 1. The van der Waals surface area contributed by atoms with Gasteiger partial charge in [-0.05, 0) is 0 Å². The number of benzene rings is 2. The molecule has 2 nitrogen and oxygen atoms in total. The molecule has 2 aromatic carbocycles. The summed E-state index contributed by atoms with van der Waals surface area (Å²) in [5, 5.41) is 0. The molecule has 31 heavy (non-hydrogen) atoms. The van der Waals surface area contributed by atoms with Crippen molar-refractivity contribution in [3.8, 4) is 0 Å². The van der Waals surface area contributed by atoms with Crippen molar-refractivity contribution in [2.75, 3.05) is 6.38 Å². The number of hydrogen-bond donors (Lipinski definition) is 0. The maximum Gasteiger partial charge on any atom is 0.0108 e. The Hall–Kier alpha value is -2.35. The topological polar surface area (TPSA) is 26.3 Å². The predicted octanol–water partition coefficient (Wildman–Crippen LogP) is 7.70. The van der Waals surface area contributed by atoms with Crippen LogP contribution in [0.5, 0.6) is 0 Å². The molecule has 4 heteroatoms. The van der Waals surface area contributed by atoms with E-state index in [1.54, 1.807) is 12.5 Å². The van der Waals surface area contributed by atoms with Crippen LogP contribution in [-0.2, 0) is 23.2 Å². The van der Waals surface area contributed by atoms with Gasteiger partial charge < -0.3 is 0 Å². The Labute approximate surface area is 198 Å². The average Bonchev–Trinajstić information content (AvgIpc) is 3.61. The van der Waals surface area contributed by atoms with Gasteiger partial charge in [0.05, 0.1) is 0 Å². The van der Waals surface area contributed by atoms with E-state index in [0.29, 0.717) is 7.25 Å². The van der Waals surface area contributed by atoms with Gasteiger partial charge in [0.2, 0.25) is 0 Å². The zero-order chi connectivity index (χ0) is 21.2. The Balaban J connectivity index is 0.000000994. The van der Waals surface area contributed by atoms with Gasteiger partial charge in [-0.2, -0.15) is 0 Å². The Morgan fingerprint density at radius 2 is 1.06 bits per heavy atom. The summed E-state index contributed by atoms with van der Waals surface area (Å²) >= 11 is 3.62. The molecule has 2 aliphatic carbocycles. The predicted molar refractivity (Wildman–Crippen MR) is 123 cm³/mol. The van der Waals surface area contributed by atoms with Crippen molar-refractivity contribution in [1.82, 2.24) is 0 Å². The van der Waals surface area contributed by atoms with Crippen molar-refractivity contribution in [3.63, 3.8) is 0 Å². The van der Waals surface area contributed by atoms with Gasteiger partial charge in [-0.15, -0.1) is 11.6 Å². The van der Waals surface area contributed by atoms with Gasteiger partial charge in [0, 0.05) is 6.38 Å². The largest absolute Gasteiger partial charge is 0.130 e. The zero-order valence-electron chi connectivity index (χ0n) is 17.1. The Kier molecular flexibility index (Phi) is 5.98. The van der Waals surface area contributed by atoms with Crippen LogP contribution in [0.2, 0.25) is 0 Å².